The molecule has 0 spiro atoms. The minimum atomic E-state index is 0.0527. The summed E-state index contributed by atoms with van der Waals surface area (Å²) < 4.78 is 0. The predicted molar refractivity (Wildman–Crippen MR) is 82.9 cm³/mol. The Morgan fingerprint density at radius 1 is 1.42 bits per heavy atom. The molecule has 1 fully saturated rings. The summed E-state index contributed by atoms with van der Waals surface area (Å²) in [7, 11) is 2.20. The fourth-order valence-electron chi connectivity index (χ4n) is 2.75. The second-order valence-corrected chi connectivity index (χ2v) is 8.01. The zero-order chi connectivity index (χ0) is 14.3. The molecule has 1 aliphatic rings. The lowest BCUT2D eigenvalue weighted by Gasteiger charge is -2.31. The molecule has 3 nitrogen and oxygen atoms in total. The van der Waals surface area contributed by atoms with Gasteiger partial charge in [-0.1, -0.05) is 20.8 Å². The molecule has 4 heteroatoms. The van der Waals surface area contributed by atoms with Crippen molar-refractivity contribution < 1.29 is 0 Å². The highest BCUT2D eigenvalue weighted by molar-refractivity contribution is 7.09. The summed E-state index contributed by atoms with van der Waals surface area (Å²) in [6.07, 6.45) is 1.15. The van der Waals surface area contributed by atoms with Crippen LogP contribution < -0.4 is 5.32 Å². The first-order valence-corrected chi connectivity index (χ1v) is 8.04. The summed E-state index contributed by atoms with van der Waals surface area (Å²) >= 11 is 1.82. The molecule has 1 aromatic rings. The van der Waals surface area contributed by atoms with Crippen molar-refractivity contribution in [2.45, 2.75) is 58.0 Å². The molecule has 2 heterocycles. The van der Waals surface area contributed by atoms with Crippen LogP contribution in [0.3, 0.4) is 0 Å². The van der Waals surface area contributed by atoms with E-state index >= 15 is 0 Å². The van der Waals surface area contributed by atoms with Crippen molar-refractivity contribution in [3.05, 3.63) is 16.1 Å². The summed E-state index contributed by atoms with van der Waals surface area (Å²) in [6, 6.07) is 0.480. The Hall–Kier alpha value is -0.450. The van der Waals surface area contributed by atoms with Gasteiger partial charge in [0.15, 0.2) is 0 Å². The van der Waals surface area contributed by atoms with Crippen LogP contribution in [0.5, 0.6) is 0 Å². The molecule has 1 saturated heterocycles. The van der Waals surface area contributed by atoms with E-state index in [9.17, 15) is 0 Å². The average molecular weight is 281 g/mol. The van der Waals surface area contributed by atoms with Crippen LogP contribution in [0.4, 0.5) is 0 Å². The van der Waals surface area contributed by atoms with Crippen LogP contribution in [0.1, 0.15) is 51.7 Å². The molecular formula is C15H27N3S. The van der Waals surface area contributed by atoms with Crippen LogP contribution in [0.2, 0.25) is 0 Å². The number of aromatic nitrogens is 1. The highest BCUT2D eigenvalue weighted by atomic mass is 32.1. The van der Waals surface area contributed by atoms with Crippen molar-refractivity contribution in [1.82, 2.24) is 15.2 Å². The zero-order valence-electron chi connectivity index (χ0n) is 13.1. The first-order valence-electron chi connectivity index (χ1n) is 7.16. The third kappa shape index (κ3) is 3.18. The number of nitrogens with one attached hydrogen (secondary N) is 1. The summed E-state index contributed by atoms with van der Waals surface area (Å²) in [4.78, 5) is 7.35. The summed E-state index contributed by atoms with van der Waals surface area (Å²) in [6.45, 7) is 13.3. The van der Waals surface area contributed by atoms with Gasteiger partial charge >= 0.3 is 0 Å². The van der Waals surface area contributed by atoms with Crippen LogP contribution in [-0.4, -0.2) is 36.1 Å². The number of likely N-dealkylation sites (tertiary alicyclic amines) is 1. The van der Waals surface area contributed by atoms with Gasteiger partial charge in [0.2, 0.25) is 0 Å². The maximum atomic E-state index is 4.95. The normalized spacial score (nSPS) is 25.4. The molecule has 0 saturated carbocycles. The molecule has 1 atom stereocenters. The molecule has 1 aromatic heterocycles. The summed E-state index contributed by atoms with van der Waals surface area (Å²) in [5, 5.41) is 7.27. The van der Waals surface area contributed by atoms with Gasteiger partial charge in [0.1, 0.15) is 5.01 Å². The largest absolute Gasteiger partial charge is 0.304 e. The van der Waals surface area contributed by atoms with Gasteiger partial charge in [-0.05, 0) is 27.3 Å². The molecule has 2 rings (SSSR count). The van der Waals surface area contributed by atoms with Crippen molar-refractivity contribution in [2.75, 3.05) is 20.1 Å². The molecule has 0 bridgehead atoms. The van der Waals surface area contributed by atoms with Gasteiger partial charge in [-0.2, -0.15) is 0 Å². The van der Waals surface area contributed by atoms with Gasteiger partial charge in [-0.15, -0.1) is 11.3 Å². The van der Waals surface area contributed by atoms with E-state index < -0.39 is 0 Å². The van der Waals surface area contributed by atoms with Crippen molar-refractivity contribution in [1.29, 1.82) is 0 Å². The third-order valence-electron chi connectivity index (χ3n) is 3.71. The number of hydrogen-bond acceptors (Lipinski definition) is 4. The quantitative estimate of drug-likeness (QED) is 0.923. The number of hydrogen-bond donors (Lipinski definition) is 1. The Morgan fingerprint density at radius 2 is 2.11 bits per heavy atom. The minimum absolute atomic E-state index is 0.0527. The van der Waals surface area contributed by atoms with Crippen molar-refractivity contribution in [2.24, 2.45) is 0 Å². The lowest BCUT2D eigenvalue weighted by atomic mass is 9.93. The molecule has 1 N–H and O–H groups in total. The third-order valence-corrected chi connectivity index (χ3v) is 4.75. The second kappa shape index (κ2) is 5.15. The fourth-order valence-corrected chi connectivity index (χ4v) is 3.98. The van der Waals surface area contributed by atoms with E-state index in [2.05, 4.69) is 57.3 Å². The van der Waals surface area contributed by atoms with E-state index in [4.69, 9.17) is 4.98 Å². The molecule has 0 aliphatic carbocycles. The number of likely N-dealkylation sites (N-methyl/N-ethyl adjacent to an activating group) is 1. The van der Waals surface area contributed by atoms with Crippen molar-refractivity contribution in [3.63, 3.8) is 0 Å². The standard InChI is InChI=1S/C15H27N3S/c1-11(2)17-15(7-8-18(6)10-15)13-16-12(9-19-13)14(3,4)5/h9,11,17H,7-8,10H2,1-6H3. The van der Waals surface area contributed by atoms with Gasteiger partial charge in [0, 0.05) is 29.9 Å². The molecule has 108 valence electrons. The zero-order valence-corrected chi connectivity index (χ0v) is 13.9. The molecule has 19 heavy (non-hydrogen) atoms. The van der Waals surface area contributed by atoms with Gasteiger partial charge in [0.05, 0.1) is 11.2 Å². The Kier molecular flexibility index (Phi) is 4.05. The smallest absolute Gasteiger partial charge is 0.114 e. The minimum Gasteiger partial charge on any atom is -0.304 e. The molecule has 0 radical (unpaired) electrons. The average Bonchev–Trinajstić information content (AvgIpc) is 2.83. The van der Waals surface area contributed by atoms with Crippen LogP contribution in [-0.2, 0) is 11.0 Å². The monoisotopic (exact) mass is 281 g/mol. The van der Waals surface area contributed by atoms with E-state index in [0.29, 0.717) is 6.04 Å². The Labute approximate surface area is 121 Å². The number of nitrogens with zero attached hydrogens (tertiary/aromatic N) is 2. The van der Waals surface area contributed by atoms with Crippen LogP contribution in [0.25, 0.3) is 0 Å². The first-order chi connectivity index (χ1) is 8.73. The summed E-state index contributed by atoms with van der Waals surface area (Å²) in [5.41, 5.74) is 1.40. The van der Waals surface area contributed by atoms with Gasteiger partial charge in [0.25, 0.3) is 0 Å². The Balaban J connectivity index is 2.31. The van der Waals surface area contributed by atoms with E-state index in [1.807, 2.05) is 11.3 Å². The number of thiazole rings is 1. The molecule has 0 amide bonds. The lowest BCUT2D eigenvalue weighted by Crippen LogP contribution is -2.47. The molecule has 1 aliphatic heterocycles. The van der Waals surface area contributed by atoms with Crippen LogP contribution in [0, 0.1) is 0 Å². The molecule has 1 unspecified atom stereocenters. The predicted octanol–water partition coefficient (Wildman–Crippen LogP) is 2.97. The highest BCUT2D eigenvalue weighted by Gasteiger charge is 2.41. The van der Waals surface area contributed by atoms with Gasteiger partial charge < -0.3 is 10.2 Å². The first kappa shape index (κ1) is 14.9. The summed E-state index contributed by atoms with van der Waals surface area (Å²) in [5.74, 6) is 0. The van der Waals surface area contributed by atoms with E-state index in [0.717, 1.165) is 19.5 Å². The topological polar surface area (TPSA) is 28.2 Å². The second-order valence-electron chi connectivity index (χ2n) is 7.16. The maximum Gasteiger partial charge on any atom is 0.114 e. The van der Waals surface area contributed by atoms with E-state index in [1.54, 1.807) is 0 Å². The fraction of sp³-hybridized carbons (Fsp3) is 0.800. The van der Waals surface area contributed by atoms with E-state index in [-0.39, 0.29) is 11.0 Å². The molecular weight excluding hydrogens is 254 g/mol. The lowest BCUT2D eigenvalue weighted by molar-refractivity contribution is 0.293. The van der Waals surface area contributed by atoms with Crippen LogP contribution >= 0.6 is 11.3 Å². The number of rotatable bonds is 3. The Morgan fingerprint density at radius 3 is 2.53 bits per heavy atom. The van der Waals surface area contributed by atoms with E-state index in [1.165, 1.54) is 10.7 Å². The SMILES string of the molecule is CC(C)NC1(c2nc(C(C)(C)C)cs2)CCN(C)C1. The highest BCUT2D eigenvalue weighted by Crippen LogP contribution is 2.36. The van der Waals surface area contributed by atoms with Crippen molar-refractivity contribution in [3.8, 4) is 0 Å². The Bertz CT molecular complexity index is 433. The maximum absolute atomic E-state index is 4.95. The van der Waals surface area contributed by atoms with Crippen LogP contribution in [0.15, 0.2) is 5.38 Å². The molecule has 0 aromatic carbocycles. The van der Waals surface area contributed by atoms with Gasteiger partial charge in [-0.25, -0.2) is 4.98 Å². The van der Waals surface area contributed by atoms with Crippen molar-refractivity contribution >= 4 is 11.3 Å². The van der Waals surface area contributed by atoms with Gasteiger partial charge in [-0.3, -0.25) is 0 Å².